The summed E-state index contributed by atoms with van der Waals surface area (Å²) in [4.78, 5) is 11.0. The molecule has 0 radical (unpaired) electrons. The van der Waals surface area contributed by atoms with Crippen molar-refractivity contribution in [3.05, 3.63) is 0 Å². The number of esters is 1. The molecule has 0 heterocycles. The lowest BCUT2D eigenvalue weighted by Gasteiger charge is -2.03. The van der Waals surface area contributed by atoms with E-state index in [1.807, 2.05) is 0 Å². The zero-order valence-electron chi connectivity index (χ0n) is 9.77. The van der Waals surface area contributed by atoms with Crippen LogP contribution in [0.2, 0.25) is 0 Å². The van der Waals surface area contributed by atoms with Crippen LogP contribution in [-0.2, 0) is 9.53 Å². The molecular weight excluding hydrogens is 256 g/mol. The maximum Gasteiger partial charge on any atom is 0.306 e. The topological polar surface area (TPSA) is 26.3 Å². The number of halogens is 1. The van der Waals surface area contributed by atoms with Gasteiger partial charge in [-0.2, -0.15) is 0 Å². The van der Waals surface area contributed by atoms with Gasteiger partial charge in [-0.3, -0.25) is 4.79 Å². The summed E-state index contributed by atoms with van der Waals surface area (Å²) in [6, 6.07) is 0. The molecule has 0 rings (SSSR count). The fourth-order valence-electron chi connectivity index (χ4n) is 1.39. The van der Waals surface area contributed by atoms with Crippen molar-refractivity contribution in [2.75, 3.05) is 11.9 Å². The van der Waals surface area contributed by atoms with Gasteiger partial charge in [0.2, 0.25) is 0 Å². The van der Waals surface area contributed by atoms with E-state index in [2.05, 4.69) is 22.9 Å². The van der Waals surface area contributed by atoms with Crippen molar-refractivity contribution in [1.29, 1.82) is 0 Å². The SMILES string of the molecule is CCCCCCCCCOC(=O)CCBr. The van der Waals surface area contributed by atoms with Crippen LogP contribution in [-0.4, -0.2) is 17.9 Å². The first-order valence-corrected chi connectivity index (χ1v) is 7.15. The normalized spacial score (nSPS) is 10.3. The van der Waals surface area contributed by atoms with Gasteiger partial charge in [0.15, 0.2) is 0 Å². The zero-order chi connectivity index (χ0) is 11.4. The largest absolute Gasteiger partial charge is 0.466 e. The van der Waals surface area contributed by atoms with E-state index in [9.17, 15) is 4.79 Å². The van der Waals surface area contributed by atoms with Crippen LogP contribution in [0.1, 0.15) is 58.3 Å². The van der Waals surface area contributed by atoms with Crippen LogP contribution in [0.15, 0.2) is 0 Å². The molecule has 0 aliphatic heterocycles. The molecule has 0 fully saturated rings. The van der Waals surface area contributed by atoms with E-state index in [1.54, 1.807) is 0 Å². The van der Waals surface area contributed by atoms with Gasteiger partial charge in [0.05, 0.1) is 13.0 Å². The quantitative estimate of drug-likeness (QED) is 0.342. The highest BCUT2D eigenvalue weighted by Gasteiger charge is 1.99. The first-order valence-electron chi connectivity index (χ1n) is 6.02. The lowest BCUT2D eigenvalue weighted by molar-refractivity contribution is -0.143. The summed E-state index contributed by atoms with van der Waals surface area (Å²) in [5.41, 5.74) is 0. The molecule has 0 aliphatic carbocycles. The van der Waals surface area contributed by atoms with Gasteiger partial charge < -0.3 is 4.74 Å². The van der Waals surface area contributed by atoms with Crippen LogP contribution in [0, 0.1) is 0 Å². The molecule has 0 unspecified atom stereocenters. The lowest BCUT2D eigenvalue weighted by Crippen LogP contribution is -2.05. The van der Waals surface area contributed by atoms with Gasteiger partial charge in [-0.05, 0) is 6.42 Å². The number of carbonyl (C=O) groups excluding carboxylic acids is 1. The molecule has 0 N–H and O–H groups in total. The second-order valence-electron chi connectivity index (χ2n) is 3.78. The fourth-order valence-corrected chi connectivity index (χ4v) is 1.72. The molecule has 2 nitrogen and oxygen atoms in total. The monoisotopic (exact) mass is 278 g/mol. The van der Waals surface area contributed by atoms with E-state index < -0.39 is 0 Å². The molecule has 0 bridgehead atoms. The summed E-state index contributed by atoms with van der Waals surface area (Å²) in [5.74, 6) is -0.0853. The van der Waals surface area contributed by atoms with Gasteiger partial charge in [-0.1, -0.05) is 61.4 Å². The summed E-state index contributed by atoms with van der Waals surface area (Å²) in [6.45, 7) is 2.82. The van der Waals surface area contributed by atoms with E-state index in [0.29, 0.717) is 18.4 Å². The summed E-state index contributed by atoms with van der Waals surface area (Å²) in [6.07, 6.45) is 9.27. The number of carbonyl (C=O) groups is 1. The van der Waals surface area contributed by atoms with E-state index in [1.165, 1.54) is 38.5 Å². The van der Waals surface area contributed by atoms with E-state index >= 15 is 0 Å². The van der Waals surface area contributed by atoms with Crippen molar-refractivity contribution in [2.24, 2.45) is 0 Å². The summed E-state index contributed by atoms with van der Waals surface area (Å²) >= 11 is 3.21. The number of hydrogen-bond acceptors (Lipinski definition) is 2. The van der Waals surface area contributed by atoms with Crippen molar-refractivity contribution in [3.63, 3.8) is 0 Å². The molecule has 0 amide bonds. The molecule has 0 aromatic carbocycles. The van der Waals surface area contributed by atoms with Crippen LogP contribution >= 0.6 is 15.9 Å². The molecular formula is C12H23BrO2. The van der Waals surface area contributed by atoms with Crippen molar-refractivity contribution in [3.8, 4) is 0 Å². The highest BCUT2D eigenvalue weighted by atomic mass is 79.9. The van der Waals surface area contributed by atoms with Crippen LogP contribution in [0.3, 0.4) is 0 Å². The Labute approximate surface area is 102 Å². The number of ether oxygens (including phenoxy) is 1. The number of hydrogen-bond donors (Lipinski definition) is 0. The number of unbranched alkanes of at least 4 members (excludes halogenated alkanes) is 6. The third kappa shape index (κ3) is 11.9. The van der Waals surface area contributed by atoms with Gasteiger partial charge in [0.25, 0.3) is 0 Å². The van der Waals surface area contributed by atoms with E-state index in [4.69, 9.17) is 4.74 Å². The van der Waals surface area contributed by atoms with Gasteiger partial charge in [0, 0.05) is 5.33 Å². The van der Waals surface area contributed by atoms with Crippen LogP contribution in [0.5, 0.6) is 0 Å². The molecule has 3 heteroatoms. The van der Waals surface area contributed by atoms with Gasteiger partial charge in [-0.25, -0.2) is 0 Å². The van der Waals surface area contributed by atoms with Crippen LogP contribution < -0.4 is 0 Å². The summed E-state index contributed by atoms with van der Waals surface area (Å²) in [5, 5.41) is 0.697. The predicted octanol–water partition coefficient (Wildman–Crippen LogP) is 4.07. The Morgan fingerprint density at radius 3 is 2.27 bits per heavy atom. The minimum atomic E-state index is -0.0853. The third-order valence-electron chi connectivity index (χ3n) is 2.31. The third-order valence-corrected chi connectivity index (χ3v) is 2.71. The average Bonchev–Trinajstić information content (AvgIpc) is 2.22. The Kier molecular flexibility index (Phi) is 12.0. The first-order chi connectivity index (χ1) is 7.31. The van der Waals surface area contributed by atoms with Gasteiger partial charge in [-0.15, -0.1) is 0 Å². The van der Waals surface area contributed by atoms with Crippen molar-refractivity contribution in [2.45, 2.75) is 58.3 Å². The Balaban J connectivity index is 3.01. The van der Waals surface area contributed by atoms with Gasteiger partial charge in [0.1, 0.15) is 0 Å². The average molecular weight is 279 g/mol. The minimum Gasteiger partial charge on any atom is -0.466 e. The first kappa shape index (κ1) is 14.9. The second kappa shape index (κ2) is 12.0. The van der Waals surface area contributed by atoms with Crippen LogP contribution in [0.25, 0.3) is 0 Å². The summed E-state index contributed by atoms with van der Waals surface area (Å²) < 4.78 is 5.04. The fraction of sp³-hybridized carbons (Fsp3) is 0.917. The number of rotatable bonds is 10. The standard InChI is InChI=1S/C12H23BrO2/c1-2-3-4-5-6-7-8-11-15-12(14)9-10-13/h2-11H2,1H3. The lowest BCUT2D eigenvalue weighted by atomic mass is 10.1. The zero-order valence-corrected chi connectivity index (χ0v) is 11.4. The Hall–Kier alpha value is -0.0500. The van der Waals surface area contributed by atoms with E-state index in [-0.39, 0.29) is 5.97 Å². The van der Waals surface area contributed by atoms with Crippen LogP contribution in [0.4, 0.5) is 0 Å². The molecule has 0 aromatic rings. The molecule has 0 aliphatic rings. The van der Waals surface area contributed by atoms with Crippen molar-refractivity contribution in [1.82, 2.24) is 0 Å². The van der Waals surface area contributed by atoms with Crippen molar-refractivity contribution < 1.29 is 9.53 Å². The maximum atomic E-state index is 11.0. The maximum absolute atomic E-state index is 11.0. The Bertz CT molecular complexity index is 149. The Morgan fingerprint density at radius 1 is 1.07 bits per heavy atom. The molecule has 15 heavy (non-hydrogen) atoms. The van der Waals surface area contributed by atoms with E-state index in [0.717, 1.165) is 6.42 Å². The highest BCUT2D eigenvalue weighted by Crippen LogP contribution is 2.07. The predicted molar refractivity (Wildman–Crippen MR) is 67.4 cm³/mol. The molecule has 0 spiro atoms. The smallest absolute Gasteiger partial charge is 0.306 e. The highest BCUT2D eigenvalue weighted by molar-refractivity contribution is 9.09. The molecule has 0 saturated carbocycles. The minimum absolute atomic E-state index is 0.0853. The Morgan fingerprint density at radius 2 is 1.67 bits per heavy atom. The molecule has 0 atom stereocenters. The number of alkyl halides is 1. The molecule has 0 aromatic heterocycles. The summed E-state index contributed by atoms with van der Waals surface area (Å²) in [7, 11) is 0. The molecule has 0 saturated heterocycles. The second-order valence-corrected chi connectivity index (χ2v) is 4.57. The molecule has 90 valence electrons. The van der Waals surface area contributed by atoms with Crippen molar-refractivity contribution >= 4 is 21.9 Å². The van der Waals surface area contributed by atoms with Gasteiger partial charge >= 0.3 is 5.97 Å².